The molecule has 0 saturated heterocycles. The predicted octanol–water partition coefficient (Wildman–Crippen LogP) is 2.65. The highest BCUT2D eigenvalue weighted by atomic mass is 16.5. The number of carbonyl (C=O) groups excluding carboxylic acids is 1. The highest BCUT2D eigenvalue weighted by Crippen LogP contribution is 2.27. The van der Waals surface area contributed by atoms with E-state index in [2.05, 4.69) is 15.3 Å². The summed E-state index contributed by atoms with van der Waals surface area (Å²) < 4.78 is 5.53. The van der Waals surface area contributed by atoms with Crippen molar-refractivity contribution in [3.8, 4) is 5.75 Å². The quantitative estimate of drug-likeness (QED) is 0.695. The Bertz CT molecular complexity index is 795. The summed E-state index contributed by atoms with van der Waals surface area (Å²) in [4.78, 5) is 23.6. The summed E-state index contributed by atoms with van der Waals surface area (Å²) in [5.41, 5.74) is 1.67. The van der Waals surface area contributed by atoms with Gasteiger partial charge >= 0.3 is 0 Å². The Kier molecular flexibility index (Phi) is 6.24. The molecular formula is C20H26N4O3. The molecule has 0 atom stereocenters. The van der Waals surface area contributed by atoms with Crippen LogP contribution in [-0.4, -0.2) is 46.8 Å². The Hall–Kier alpha value is -2.67. The van der Waals surface area contributed by atoms with Crippen molar-refractivity contribution in [1.29, 1.82) is 0 Å². The first kappa shape index (κ1) is 19.1. The van der Waals surface area contributed by atoms with Gasteiger partial charge in [-0.05, 0) is 56.5 Å². The number of aliphatic hydroxyl groups is 1. The molecular weight excluding hydrogens is 344 g/mol. The lowest BCUT2D eigenvalue weighted by atomic mass is 10.1. The molecule has 144 valence electrons. The number of aliphatic hydroxyl groups excluding tert-OH is 1. The van der Waals surface area contributed by atoms with Crippen LogP contribution in [0.4, 0.5) is 11.8 Å². The Labute approximate surface area is 159 Å². The highest BCUT2D eigenvalue weighted by molar-refractivity contribution is 6.05. The molecule has 2 aromatic rings. The minimum absolute atomic E-state index is 0.0993. The molecule has 0 unspecified atom stereocenters. The summed E-state index contributed by atoms with van der Waals surface area (Å²) in [6.45, 7) is 5.25. The maximum absolute atomic E-state index is 13.2. The first-order valence-corrected chi connectivity index (χ1v) is 9.36. The van der Waals surface area contributed by atoms with Crippen LogP contribution in [0.5, 0.6) is 5.75 Å². The van der Waals surface area contributed by atoms with Crippen molar-refractivity contribution < 1.29 is 14.6 Å². The van der Waals surface area contributed by atoms with Crippen LogP contribution in [-0.2, 0) is 6.42 Å². The van der Waals surface area contributed by atoms with E-state index in [0.29, 0.717) is 43.3 Å². The van der Waals surface area contributed by atoms with Gasteiger partial charge in [0.15, 0.2) is 0 Å². The smallest absolute Gasteiger partial charge is 0.259 e. The van der Waals surface area contributed by atoms with Crippen LogP contribution in [0, 0.1) is 0 Å². The number of hydrogen-bond donors (Lipinski definition) is 2. The largest absolute Gasteiger partial charge is 0.493 e. The summed E-state index contributed by atoms with van der Waals surface area (Å²) in [7, 11) is 0. The van der Waals surface area contributed by atoms with E-state index in [1.54, 1.807) is 23.2 Å². The molecule has 7 heteroatoms. The third-order valence-corrected chi connectivity index (χ3v) is 4.31. The number of nitrogens with zero attached hydrogens (tertiary/aromatic N) is 3. The summed E-state index contributed by atoms with van der Waals surface area (Å²) in [5, 5.41) is 12.3. The van der Waals surface area contributed by atoms with E-state index in [1.165, 1.54) is 0 Å². The third-order valence-electron chi connectivity index (χ3n) is 4.31. The number of amides is 1. The molecule has 1 aliphatic rings. The van der Waals surface area contributed by atoms with Crippen molar-refractivity contribution >= 4 is 17.7 Å². The van der Waals surface area contributed by atoms with Gasteiger partial charge in [0.25, 0.3) is 5.91 Å². The van der Waals surface area contributed by atoms with Gasteiger partial charge in [-0.15, -0.1) is 0 Å². The third kappa shape index (κ3) is 4.74. The average Bonchev–Trinajstić information content (AvgIpc) is 3.12. The van der Waals surface area contributed by atoms with Gasteiger partial charge in [-0.25, -0.2) is 4.98 Å². The minimum Gasteiger partial charge on any atom is -0.493 e. The van der Waals surface area contributed by atoms with Crippen molar-refractivity contribution in [2.45, 2.75) is 39.2 Å². The van der Waals surface area contributed by atoms with E-state index in [-0.39, 0.29) is 18.6 Å². The Morgan fingerprint density at radius 3 is 2.96 bits per heavy atom. The summed E-state index contributed by atoms with van der Waals surface area (Å²) in [6.07, 6.45) is 3.78. The predicted molar refractivity (Wildman–Crippen MR) is 104 cm³/mol. The number of ether oxygens (including phenoxy) is 1. The number of anilines is 2. The van der Waals surface area contributed by atoms with Crippen LogP contribution in [0.2, 0.25) is 0 Å². The zero-order valence-corrected chi connectivity index (χ0v) is 15.8. The molecule has 0 fully saturated rings. The number of fused-ring (bicyclic) bond motifs is 1. The number of aromatic nitrogens is 2. The van der Waals surface area contributed by atoms with Crippen LogP contribution in [0.3, 0.4) is 0 Å². The molecule has 27 heavy (non-hydrogen) atoms. The number of carbonyl (C=O) groups is 1. The summed E-state index contributed by atoms with van der Waals surface area (Å²) in [5.74, 6) is 1.78. The van der Waals surface area contributed by atoms with Crippen LogP contribution >= 0.6 is 0 Å². The maximum Gasteiger partial charge on any atom is 0.259 e. The van der Waals surface area contributed by atoms with Gasteiger partial charge in [0.1, 0.15) is 11.6 Å². The SMILES string of the molecule is CC(C)Nc1nccc(N(CCCCO)C(=O)c2ccc3c(c2)CCO3)n1. The van der Waals surface area contributed by atoms with E-state index >= 15 is 0 Å². The fourth-order valence-corrected chi connectivity index (χ4v) is 3.00. The zero-order chi connectivity index (χ0) is 19.2. The average molecular weight is 370 g/mol. The van der Waals surface area contributed by atoms with E-state index in [4.69, 9.17) is 9.84 Å². The van der Waals surface area contributed by atoms with Gasteiger partial charge in [-0.1, -0.05) is 0 Å². The van der Waals surface area contributed by atoms with Gasteiger partial charge < -0.3 is 15.2 Å². The molecule has 0 aliphatic carbocycles. The van der Waals surface area contributed by atoms with Crippen molar-refractivity contribution in [2.24, 2.45) is 0 Å². The van der Waals surface area contributed by atoms with Crippen LogP contribution in [0.25, 0.3) is 0 Å². The molecule has 7 nitrogen and oxygen atoms in total. The summed E-state index contributed by atoms with van der Waals surface area (Å²) in [6, 6.07) is 7.47. The molecule has 0 saturated carbocycles. The Morgan fingerprint density at radius 2 is 2.19 bits per heavy atom. The van der Waals surface area contributed by atoms with E-state index in [9.17, 15) is 4.79 Å². The molecule has 0 radical (unpaired) electrons. The molecule has 1 aromatic carbocycles. The Morgan fingerprint density at radius 1 is 1.33 bits per heavy atom. The lowest BCUT2D eigenvalue weighted by Crippen LogP contribution is -2.33. The lowest BCUT2D eigenvalue weighted by molar-refractivity contribution is 0.0985. The normalized spacial score (nSPS) is 12.6. The monoisotopic (exact) mass is 370 g/mol. The van der Waals surface area contributed by atoms with Gasteiger partial charge in [0, 0.05) is 37.4 Å². The summed E-state index contributed by atoms with van der Waals surface area (Å²) >= 11 is 0. The molecule has 0 spiro atoms. The number of benzene rings is 1. The van der Waals surface area contributed by atoms with Crippen molar-refractivity contribution in [3.63, 3.8) is 0 Å². The van der Waals surface area contributed by atoms with E-state index < -0.39 is 0 Å². The second-order valence-electron chi connectivity index (χ2n) is 6.85. The topological polar surface area (TPSA) is 87.6 Å². The molecule has 0 bridgehead atoms. The second-order valence-corrected chi connectivity index (χ2v) is 6.85. The van der Waals surface area contributed by atoms with E-state index in [1.807, 2.05) is 26.0 Å². The number of hydrogen-bond acceptors (Lipinski definition) is 6. The number of nitrogens with one attached hydrogen (secondary N) is 1. The van der Waals surface area contributed by atoms with Gasteiger partial charge in [-0.3, -0.25) is 9.69 Å². The fraction of sp³-hybridized carbons (Fsp3) is 0.450. The molecule has 2 heterocycles. The molecule has 3 rings (SSSR count). The van der Waals surface area contributed by atoms with Crippen molar-refractivity contribution in [2.75, 3.05) is 30.0 Å². The molecule has 1 amide bonds. The fourth-order valence-electron chi connectivity index (χ4n) is 3.00. The molecule has 1 aliphatic heterocycles. The van der Waals surface area contributed by atoms with Gasteiger partial charge in [0.2, 0.25) is 5.95 Å². The number of unbranched alkanes of at least 4 members (excludes halogenated alkanes) is 1. The highest BCUT2D eigenvalue weighted by Gasteiger charge is 2.22. The van der Waals surface area contributed by atoms with Gasteiger partial charge in [-0.2, -0.15) is 4.98 Å². The van der Waals surface area contributed by atoms with E-state index in [0.717, 1.165) is 17.7 Å². The first-order chi connectivity index (χ1) is 13.1. The molecule has 2 N–H and O–H groups in total. The van der Waals surface area contributed by atoms with Crippen LogP contribution in [0.1, 0.15) is 42.6 Å². The van der Waals surface area contributed by atoms with Crippen LogP contribution < -0.4 is 15.0 Å². The lowest BCUT2D eigenvalue weighted by Gasteiger charge is -2.22. The second kappa shape index (κ2) is 8.81. The zero-order valence-electron chi connectivity index (χ0n) is 15.8. The Balaban J connectivity index is 1.87. The van der Waals surface area contributed by atoms with Crippen molar-refractivity contribution in [3.05, 3.63) is 41.6 Å². The van der Waals surface area contributed by atoms with Crippen molar-refractivity contribution in [1.82, 2.24) is 9.97 Å². The van der Waals surface area contributed by atoms with Gasteiger partial charge in [0.05, 0.1) is 6.61 Å². The van der Waals surface area contributed by atoms with Crippen LogP contribution in [0.15, 0.2) is 30.5 Å². The first-order valence-electron chi connectivity index (χ1n) is 9.36. The standard InChI is InChI=1S/C20H26N4O3/c1-14(2)22-20-21-9-7-18(23-20)24(10-3-4-11-25)19(26)16-5-6-17-15(13-16)8-12-27-17/h5-7,9,13-14,25H,3-4,8,10-12H2,1-2H3,(H,21,22,23). The minimum atomic E-state index is -0.114. The molecule has 1 aromatic heterocycles. The number of rotatable bonds is 8. The maximum atomic E-state index is 13.2.